The van der Waals surface area contributed by atoms with Crippen LogP contribution in [0.2, 0.25) is 0 Å². The minimum atomic E-state index is 0.314. The van der Waals surface area contributed by atoms with Gasteiger partial charge >= 0.3 is 0 Å². The molecule has 1 unspecified atom stereocenters. The minimum Gasteiger partial charge on any atom is -0.361 e. The summed E-state index contributed by atoms with van der Waals surface area (Å²) in [6.07, 6.45) is 2.14. The van der Waals surface area contributed by atoms with Crippen LogP contribution < -0.4 is 10.6 Å². The summed E-state index contributed by atoms with van der Waals surface area (Å²) in [5.41, 5.74) is 4.93. The van der Waals surface area contributed by atoms with Crippen molar-refractivity contribution in [3.63, 3.8) is 0 Å². The normalized spacial score (nSPS) is 13.1. The van der Waals surface area contributed by atoms with Gasteiger partial charge in [0.2, 0.25) is 0 Å². The second-order valence-corrected chi connectivity index (χ2v) is 7.52. The van der Waals surface area contributed by atoms with E-state index < -0.39 is 0 Å². The number of nitrogens with zero attached hydrogens (tertiary/aromatic N) is 2. The number of hydrogen-bond acceptors (Lipinski definition) is 3. The van der Waals surface area contributed by atoms with Gasteiger partial charge in [-0.05, 0) is 43.7 Å². The lowest BCUT2D eigenvalue weighted by atomic mass is 10.00. The van der Waals surface area contributed by atoms with E-state index in [-0.39, 0.29) is 0 Å². The predicted octanol–water partition coefficient (Wildman–Crippen LogP) is 4.32. The summed E-state index contributed by atoms with van der Waals surface area (Å²) in [4.78, 5) is 4.32. The first kappa shape index (κ1) is 21.0. The van der Waals surface area contributed by atoms with Gasteiger partial charge in [0.15, 0.2) is 5.96 Å². The van der Waals surface area contributed by atoms with Gasteiger partial charge in [0, 0.05) is 31.6 Å². The third-order valence-electron chi connectivity index (χ3n) is 4.96. The highest BCUT2D eigenvalue weighted by molar-refractivity contribution is 5.79. The number of hydrogen-bond donors (Lipinski definition) is 2. The van der Waals surface area contributed by atoms with Crippen molar-refractivity contribution in [2.75, 3.05) is 20.1 Å². The lowest BCUT2D eigenvalue weighted by Gasteiger charge is -2.16. The molecular weight excluding hydrogens is 336 g/mol. The van der Waals surface area contributed by atoms with Gasteiger partial charge in [-0.25, -0.2) is 0 Å². The Morgan fingerprint density at radius 2 is 1.81 bits per heavy atom. The van der Waals surface area contributed by atoms with Crippen molar-refractivity contribution in [2.24, 2.45) is 4.99 Å². The van der Waals surface area contributed by atoms with Crippen molar-refractivity contribution in [2.45, 2.75) is 59.3 Å². The molecule has 1 atom stereocenters. The number of nitrogens with one attached hydrogen (secondary N) is 2. The summed E-state index contributed by atoms with van der Waals surface area (Å²) in [7, 11) is 1.81. The quantitative estimate of drug-likeness (QED) is 0.413. The highest BCUT2D eigenvalue weighted by atomic mass is 16.5. The number of guanidine groups is 1. The molecule has 0 radical (unpaired) electrons. The number of aryl methyl sites for hydroxylation is 3. The Bertz CT molecular complexity index is 712. The van der Waals surface area contributed by atoms with Crippen LogP contribution in [0.5, 0.6) is 0 Å². The maximum Gasteiger partial charge on any atom is 0.190 e. The lowest BCUT2D eigenvalue weighted by Crippen LogP contribution is -2.39. The second kappa shape index (κ2) is 10.1. The summed E-state index contributed by atoms with van der Waals surface area (Å²) >= 11 is 0. The zero-order chi connectivity index (χ0) is 19.8. The van der Waals surface area contributed by atoms with Gasteiger partial charge in [0.1, 0.15) is 5.76 Å². The summed E-state index contributed by atoms with van der Waals surface area (Å²) in [6, 6.07) is 8.97. The van der Waals surface area contributed by atoms with Crippen LogP contribution in [0.4, 0.5) is 0 Å². The molecule has 0 bridgehead atoms. The zero-order valence-corrected chi connectivity index (χ0v) is 17.6. The Morgan fingerprint density at radius 3 is 2.37 bits per heavy atom. The molecule has 1 aromatic carbocycles. The molecule has 0 fully saturated rings. The Labute approximate surface area is 163 Å². The molecule has 0 saturated carbocycles. The van der Waals surface area contributed by atoms with Crippen LogP contribution >= 0.6 is 0 Å². The zero-order valence-electron chi connectivity index (χ0n) is 17.6. The molecule has 2 N–H and O–H groups in total. The fourth-order valence-corrected chi connectivity index (χ4v) is 3.33. The van der Waals surface area contributed by atoms with Crippen molar-refractivity contribution in [3.05, 3.63) is 52.4 Å². The van der Waals surface area contributed by atoms with E-state index in [1.54, 1.807) is 7.05 Å². The van der Waals surface area contributed by atoms with Crippen molar-refractivity contribution >= 4 is 5.96 Å². The van der Waals surface area contributed by atoms with Gasteiger partial charge in [0.05, 0.1) is 5.69 Å². The molecule has 0 saturated heterocycles. The van der Waals surface area contributed by atoms with Crippen LogP contribution in [0.1, 0.15) is 67.2 Å². The third-order valence-corrected chi connectivity index (χ3v) is 4.96. The van der Waals surface area contributed by atoms with Crippen LogP contribution in [-0.4, -0.2) is 31.3 Å². The van der Waals surface area contributed by atoms with Gasteiger partial charge < -0.3 is 15.2 Å². The maximum absolute atomic E-state index is 5.27. The van der Waals surface area contributed by atoms with E-state index in [0.717, 1.165) is 43.3 Å². The van der Waals surface area contributed by atoms with Gasteiger partial charge in [-0.2, -0.15) is 0 Å². The number of aliphatic imine (C=N–C) groups is 1. The summed E-state index contributed by atoms with van der Waals surface area (Å²) in [5.74, 6) is 2.63. The molecule has 2 aromatic rings. The Hall–Kier alpha value is -2.30. The van der Waals surface area contributed by atoms with E-state index in [1.165, 1.54) is 16.7 Å². The fourth-order valence-electron chi connectivity index (χ4n) is 3.33. The largest absolute Gasteiger partial charge is 0.361 e. The van der Waals surface area contributed by atoms with Gasteiger partial charge in [-0.15, -0.1) is 0 Å². The molecule has 0 amide bonds. The average Bonchev–Trinajstić information content (AvgIpc) is 2.99. The number of rotatable bonds is 8. The molecule has 0 aliphatic carbocycles. The second-order valence-electron chi connectivity index (χ2n) is 7.52. The lowest BCUT2D eigenvalue weighted by molar-refractivity contribution is 0.391. The van der Waals surface area contributed by atoms with Crippen molar-refractivity contribution < 1.29 is 4.52 Å². The highest BCUT2D eigenvalue weighted by Gasteiger charge is 2.16. The topological polar surface area (TPSA) is 62.5 Å². The van der Waals surface area contributed by atoms with Gasteiger partial charge in [0.25, 0.3) is 0 Å². The van der Waals surface area contributed by atoms with Crippen LogP contribution in [-0.2, 0) is 6.42 Å². The monoisotopic (exact) mass is 370 g/mol. The predicted molar refractivity (Wildman–Crippen MR) is 113 cm³/mol. The Morgan fingerprint density at radius 1 is 1.11 bits per heavy atom. The molecule has 0 spiro atoms. The summed E-state index contributed by atoms with van der Waals surface area (Å²) in [6.45, 7) is 12.3. The standard InChI is InChI=1S/C22H34N4O/c1-15(2)20-11-9-19(10-12-20)8-7-13-24-22(23-6)25-14-16(3)21-17(4)26-27-18(21)5/h9-12,15-16H,7-8,13-14H2,1-6H3,(H2,23,24,25). The third kappa shape index (κ3) is 6.12. The first-order valence-corrected chi connectivity index (χ1v) is 9.88. The molecule has 5 nitrogen and oxygen atoms in total. The summed E-state index contributed by atoms with van der Waals surface area (Å²) < 4.78 is 5.27. The molecule has 1 aromatic heterocycles. The number of aromatic nitrogens is 1. The van der Waals surface area contributed by atoms with Crippen molar-refractivity contribution in [3.8, 4) is 0 Å². The molecular formula is C22H34N4O. The molecule has 27 heavy (non-hydrogen) atoms. The van der Waals surface area contributed by atoms with Crippen LogP contribution in [0, 0.1) is 13.8 Å². The molecule has 5 heteroatoms. The molecule has 2 rings (SSSR count). The van der Waals surface area contributed by atoms with Crippen molar-refractivity contribution in [1.82, 2.24) is 15.8 Å². The van der Waals surface area contributed by atoms with E-state index in [2.05, 4.69) is 65.8 Å². The van der Waals surface area contributed by atoms with Gasteiger partial charge in [-0.1, -0.05) is 50.2 Å². The average molecular weight is 371 g/mol. The van der Waals surface area contributed by atoms with Crippen molar-refractivity contribution in [1.29, 1.82) is 0 Å². The maximum atomic E-state index is 5.27. The number of benzene rings is 1. The first-order valence-electron chi connectivity index (χ1n) is 9.88. The van der Waals surface area contributed by atoms with E-state index in [4.69, 9.17) is 4.52 Å². The minimum absolute atomic E-state index is 0.314. The van der Waals surface area contributed by atoms with Crippen LogP contribution in [0.15, 0.2) is 33.8 Å². The molecule has 1 heterocycles. The van der Waals surface area contributed by atoms with E-state index in [9.17, 15) is 0 Å². The smallest absolute Gasteiger partial charge is 0.190 e. The SMILES string of the molecule is CN=C(NCCCc1ccc(C(C)C)cc1)NCC(C)c1c(C)noc1C. The fraction of sp³-hybridized carbons (Fsp3) is 0.545. The Kier molecular flexibility index (Phi) is 7.89. The van der Waals surface area contributed by atoms with Gasteiger partial charge in [-0.3, -0.25) is 4.99 Å². The Balaban J connectivity index is 1.72. The molecule has 0 aliphatic rings. The molecule has 0 aliphatic heterocycles. The van der Waals surface area contributed by atoms with E-state index >= 15 is 0 Å². The summed E-state index contributed by atoms with van der Waals surface area (Å²) in [5, 5.41) is 10.8. The highest BCUT2D eigenvalue weighted by Crippen LogP contribution is 2.22. The van der Waals surface area contributed by atoms with Crippen LogP contribution in [0.3, 0.4) is 0 Å². The first-order chi connectivity index (χ1) is 12.9. The van der Waals surface area contributed by atoms with E-state index in [0.29, 0.717) is 11.8 Å². The molecule has 148 valence electrons. The van der Waals surface area contributed by atoms with Crippen LogP contribution in [0.25, 0.3) is 0 Å². The van der Waals surface area contributed by atoms with E-state index in [1.807, 2.05) is 13.8 Å².